The summed E-state index contributed by atoms with van der Waals surface area (Å²) in [5.74, 6) is -2.58. The van der Waals surface area contributed by atoms with Crippen LogP contribution in [0.1, 0.15) is 57.2 Å². The number of alkyl halides is 2. The first-order valence-corrected chi connectivity index (χ1v) is 9.82. The monoisotopic (exact) mass is 406 g/mol. The van der Waals surface area contributed by atoms with E-state index in [0.29, 0.717) is 36.3 Å². The third-order valence-corrected chi connectivity index (χ3v) is 5.95. The Morgan fingerprint density at radius 3 is 2.55 bits per heavy atom. The van der Waals surface area contributed by atoms with Crippen LogP contribution in [0.2, 0.25) is 0 Å². The van der Waals surface area contributed by atoms with Gasteiger partial charge in [-0.2, -0.15) is 0 Å². The summed E-state index contributed by atoms with van der Waals surface area (Å²) in [4.78, 5) is 32.5. The smallest absolute Gasteiger partial charge is 0.248 e. The molecule has 2 amide bonds. The number of carbonyl (C=O) groups excluding carboxylic acids is 2. The van der Waals surface area contributed by atoms with Gasteiger partial charge in [-0.05, 0) is 25.7 Å². The minimum absolute atomic E-state index is 0.0884. The number of halogens is 2. The Hall–Kier alpha value is -2.78. The molecule has 0 spiro atoms. The zero-order valence-electron chi connectivity index (χ0n) is 16.2. The number of hydrogen-bond donors (Lipinski definition) is 3. The lowest BCUT2D eigenvalue weighted by molar-refractivity contribution is -0.133. The van der Waals surface area contributed by atoms with Crippen molar-refractivity contribution in [2.45, 2.75) is 63.3 Å². The zero-order chi connectivity index (χ0) is 20.8. The van der Waals surface area contributed by atoms with Crippen LogP contribution in [0.5, 0.6) is 0 Å². The minimum atomic E-state index is -2.60. The molecule has 3 N–H and O–H groups in total. The van der Waals surface area contributed by atoms with E-state index in [1.54, 1.807) is 6.20 Å². The van der Waals surface area contributed by atoms with Gasteiger partial charge in [-0.3, -0.25) is 25.4 Å². The average molecular weight is 406 g/mol. The summed E-state index contributed by atoms with van der Waals surface area (Å²) in [5.41, 5.74) is 7.83. The van der Waals surface area contributed by atoms with Crippen LogP contribution in [0.15, 0.2) is 0 Å². The zero-order valence-corrected chi connectivity index (χ0v) is 16.2. The normalized spacial score (nSPS) is 25.3. The maximum absolute atomic E-state index is 13.5. The molecule has 0 saturated heterocycles. The van der Waals surface area contributed by atoms with Gasteiger partial charge in [0, 0.05) is 37.8 Å². The Morgan fingerprint density at radius 1 is 1.21 bits per heavy atom. The molecule has 3 aliphatic rings. The van der Waals surface area contributed by atoms with Crippen molar-refractivity contribution in [1.29, 1.82) is 0 Å². The van der Waals surface area contributed by atoms with E-state index in [-0.39, 0.29) is 42.5 Å². The maximum Gasteiger partial charge on any atom is 0.248 e. The molecule has 0 radical (unpaired) electrons. The van der Waals surface area contributed by atoms with Gasteiger partial charge in [0.2, 0.25) is 17.7 Å². The molecule has 29 heavy (non-hydrogen) atoms. The highest BCUT2D eigenvalue weighted by Gasteiger charge is 2.41. The first kappa shape index (κ1) is 19.5. The number of anilines is 1. The van der Waals surface area contributed by atoms with Gasteiger partial charge in [-0.25, -0.2) is 18.7 Å². The topological polar surface area (TPSA) is 99.2 Å². The van der Waals surface area contributed by atoms with E-state index in [9.17, 15) is 18.4 Å². The van der Waals surface area contributed by atoms with E-state index in [1.807, 2.05) is 5.01 Å². The second kappa shape index (κ2) is 7.23. The summed E-state index contributed by atoms with van der Waals surface area (Å²) in [6, 6.07) is -0.0884. The predicted octanol–water partition coefficient (Wildman–Crippen LogP) is 0.188. The van der Waals surface area contributed by atoms with E-state index >= 15 is 0 Å². The van der Waals surface area contributed by atoms with Crippen LogP contribution in [0, 0.1) is 5.92 Å². The first-order chi connectivity index (χ1) is 13.7. The van der Waals surface area contributed by atoms with Crippen molar-refractivity contribution in [3.63, 3.8) is 0 Å². The average Bonchev–Trinajstić information content (AvgIpc) is 3.03. The van der Waals surface area contributed by atoms with Crippen LogP contribution in [-0.4, -0.2) is 33.7 Å². The van der Waals surface area contributed by atoms with Gasteiger partial charge in [-0.15, -0.1) is 0 Å². The Labute approximate surface area is 166 Å². The minimum Gasteiger partial charge on any atom is -0.303 e. The standard InChI is InChI=1S/C19H24F2N6O2/c1-10-15-9-22-27(12-5-7-19(20,21)8-6-12)17(15)24-16(23-10)13-3-4-14(13)18(29)26-25-11(2)28/h9,12-14,22H,1,3-8H2,2H3,(H,25,28)(H,26,29)/t13-,14-/m1/s1. The van der Waals surface area contributed by atoms with Crippen LogP contribution in [0.3, 0.4) is 0 Å². The van der Waals surface area contributed by atoms with Crippen molar-refractivity contribution < 1.29 is 18.4 Å². The summed E-state index contributed by atoms with van der Waals surface area (Å²) >= 11 is 0. The molecule has 0 unspecified atom stereocenters. The predicted molar refractivity (Wildman–Crippen MR) is 102 cm³/mol. The molecule has 10 heteroatoms. The third-order valence-electron chi connectivity index (χ3n) is 5.95. The number of fused-ring (bicyclic) bond motifs is 1. The molecule has 4 rings (SSSR count). The Balaban J connectivity index is 1.53. The van der Waals surface area contributed by atoms with Gasteiger partial charge in [0.05, 0.1) is 16.6 Å². The number of nitrogens with zero attached hydrogens (tertiary/aromatic N) is 3. The molecule has 2 aliphatic carbocycles. The molecule has 1 aliphatic heterocycles. The van der Waals surface area contributed by atoms with Gasteiger partial charge in [0.15, 0.2) is 5.82 Å². The van der Waals surface area contributed by atoms with Crippen LogP contribution < -0.4 is 31.9 Å². The van der Waals surface area contributed by atoms with Crippen molar-refractivity contribution in [3.8, 4) is 0 Å². The summed E-state index contributed by atoms with van der Waals surface area (Å²) in [6.07, 6.45) is 3.62. The second-order valence-electron chi connectivity index (χ2n) is 7.96. The van der Waals surface area contributed by atoms with E-state index in [4.69, 9.17) is 0 Å². The second-order valence-corrected chi connectivity index (χ2v) is 7.96. The molecule has 0 bridgehead atoms. The van der Waals surface area contributed by atoms with Crippen molar-refractivity contribution in [2.75, 3.05) is 5.01 Å². The SMILES string of the molecule is C=c1nc([C@@H]2CC[C@H]2C(=O)NNC(C)=O)nc2c1=CNN2C1CCC(F)(F)CC1. The molecule has 2 atom stereocenters. The fourth-order valence-electron chi connectivity index (χ4n) is 4.14. The van der Waals surface area contributed by atoms with Crippen molar-refractivity contribution in [2.24, 2.45) is 5.92 Å². The molecule has 0 aromatic carbocycles. The summed E-state index contributed by atoms with van der Waals surface area (Å²) in [6.45, 7) is 5.31. The number of amides is 2. The molecule has 2 fully saturated rings. The van der Waals surface area contributed by atoms with Crippen LogP contribution >= 0.6 is 0 Å². The number of hydrogen-bond acceptors (Lipinski definition) is 6. The largest absolute Gasteiger partial charge is 0.303 e. The lowest BCUT2D eigenvalue weighted by atomic mass is 9.72. The van der Waals surface area contributed by atoms with E-state index < -0.39 is 5.92 Å². The number of carbonyl (C=O) groups is 2. The maximum atomic E-state index is 13.5. The molecule has 2 heterocycles. The molecule has 8 nitrogen and oxygen atoms in total. The Kier molecular flexibility index (Phi) is 4.87. The van der Waals surface area contributed by atoms with E-state index in [2.05, 4.69) is 32.8 Å². The van der Waals surface area contributed by atoms with Crippen molar-refractivity contribution in [3.05, 3.63) is 16.4 Å². The first-order valence-electron chi connectivity index (χ1n) is 9.82. The van der Waals surface area contributed by atoms with Gasteiger partial charge >= 0.3 is 0 Å². The molecule has 2 saturated carbocycles. The highest BCUT2D eigenvalue weighted by molar-refractivity contribution is 5.83. The van der Waals surface area contributed by atoms with Gasteiger partial charge in [0.25, 0.3) is 0 Å². The number of rotatable bonds is 3. The third kappa shape index (κ3) is 3.75. The number of aromatic nitrogens is 2. The molecule has 1 aromatic heterocycles. The Bertz CT molecular complexity index is 943. The van der Waals surface area contributed by atoms with Crippen molar-refractivity contribution >= 4 is 30.4 Å². The highest BCUT2D eigenvalue weighted by Crippen LogP contribution is 2.41. The highest BCUT2D eigenvalue weighted by atomic mass is 19.3. The summed E-state index contributed by atoms with van der Waals surface area (Å²) < 4.78 is 27.1. The van der Waals surface area contributed by atoms with Gasteiger partial charge in [-0.1, -0.05) is 6.58 Å². The quantitative estimate of drug-likeness (QED) is 0.620. The summed E-state index contributed by atoms with van der Waals surface area (Å²) in [5, 5.41) is 3.11. The molecule has 156 valence electrons. The number of nitrogens with one attached hydrogen (secondary N) is 3. The lowest BCUT2D eigenvalue weighted by Gasteiger charge is -2.36. The van der Waals surface area contributed by atoms with Crippen LogP contribution in [0.4, 0.5) is 14.6 Å². The fourth-order valence-corrected chi connectivity index (χ4v) is 4.14. The molecular weight excluding hydrogens is 382 g/mol. The Morgan fingerprint density at radius 2 is 1.93 bits per heavy atom. The van der Waals surface area contributed by atoms with Gasteiger partial charge < -0.3 is 5.43 Å². The van der Waals surface area contributed by atoms with Gasteiger partial charge in [0.1, 0.15) is 5.82 Å². The molecular formula is C19H24F2N6O2. The summed E-state index contributed by atoms with van der Waals surface area (Å²) in [7, 11) is 0. The van der Waals surface area contributed by atoms with Crippen molar-refractivity contribution in [1.82, 2.24) is 26.2 Å². The van der Waals surface area contributed by atoms with E-state index in [0.717, 1.165) is 11.6 Å². The molecule has 1 aromatic rings. The lowest BCUT2D eigenvalue weighted by Crippen LogP contribution is -2.49. The van der Waals surface area contributed by atoms with Crippen LogP contribution in [-0.2, 0) is 9.59 Å². The van der Waals surface area contributed by atoms with E-state index in [1.165, 1.54) is 6.92 Å². The fraction of sp³-hybridized carbons (Fsp3) is 0.579. The number of hydrazine groups is 2. The van der Waals surface area contributed by atoms with Crippen LogP contribution in [0.25, 0.3) is 12.8 Å².